The quantitative estimate of drug-likeness (QED) is 0.863. The average molecular weight is 243 g/mol. The molecule has 1 rings (SSSR count). The standard InChI is InChI=1S/C12H19ClN2O/c1-4-15(9(2)8-14)11-7-10(13)5-6-12(11)16-3/h5-7,9H,4,8,14H2,1-3H3. The van der Waals surface area contributed by atoms with E-state index < -0.39 is 0 Å². The first-order valence-corrected chi connectivity index (χ1v) is 5.82. The minimum absolute atomic E-state index is 0.261. The summed E-state index contributed by atoms with van der Waals surface area (Å²) in [7, 11) is 1.66. The molecule has 1 aromatic carbocycles. The van der Waals surface area contributed by atoms with Crippen LogP contribution in [-0.2, 0) is 0 Å². The van der Waals surface area contributed by atoms with Crippen molar-refractivity contribution in [2.24, 2.45) is 5.73 Å². The van der Waals surface area contributed by atoms with Crippen molar-refractivity contribution in [2.45, 2.75) is 19.9 Å². The van der Waals surface area contributed by atoms with Gasteiger partial charge in [-0.2, -0.15) is 0 Å². The minimum Gasteiger partial charge on any atom is -0.495 e. The molecule has 0 bridgehead atoms. The Morgan fingerprint density at radius 2 is 2.19 bits per heavy atom. The highest BCUT2D eigenvalue weighted by Gasteiger charge is 2.15. The lowest BCUT2D eigenvalue weighted by Gasteiger charge is -2.30. The van der Waals surface area contributed by atoms with Gasteiger partial charge in [0.15, 0.2) is 0 Å². The number of halogens is 1. The largest absolute Gasteiger partial charge is 0.495 e. The SMILES string of the molecule is CCN(c1cc(Cl)ccc1OC)C(C)CN. The summed E-state index contributed by atoms with van der Waals surface area (Å²) < 4.78 is 5.34. The highest BCUT2D eigenvalue weighted by Crippen LogP contribution is 2.32. The molecule has 0 saturated heterocycles. The molecule has 2 N–H and O–H groups in total. The van der Waals surface area contributed by atoms with Crippen LogP contribution in [0.25, 0.3) is 0 Å². The number of nitrogens with two attached hydrogens (primary N) is 1. The molecule has 0 fully saturated rings. The lowest BCUT2D eigenvalue weighted by atomic mass is 10.2. The van der Waals surface area contributed by atoms with Crippen LogP contribution in [0.3, 0.4) is 0 Å². The number of hydrogen-bond acceptors (Lipinski definition) is 3. The van der Waals surface area contributed by atoms with Crippen molar-refractivity contribution < 1.29 is 4.74 Å². The first-order valence-electron chi connectivity index (χ1n) is 5.44. The van der Waals surface area contributed by atoms with E-state index in [1.165, 1.54) is 0 Å². The Labute approximate surface area is 102 Å². The highest BCUT2D eigenvalue weighted by molar-refractivity contribution is 6.30. The van der Waals surface area contributed by atoms with Gasteiger partial charge in [0.2, 0.25) is 0 Å². The maximum atomic E-state index is 6.01. The number of methoxy groups -OCH3 is 1. The zero-order valence-corrected chi connectivity index (χ0v) is 10.8. The molecule has 0 aliphatic carbocycles. The van der Waals surface area contributed by atoms with Gasteiger partial charge in [0, 0.05) is 24.2 Å². The van der Waals surface area contributed by atoms with Crippen molar-refractivity contribution in [3.8, 4) is 5.75 Å². The van der Waals surface area contributed by atoms with Gasteiger partial charge in [0.25, 0.3) is 0 Å². The van der Waals surface area contributed by atoms with Gasteiger partial charge in [0.05, 0.1) is 12.8 Å². The molecule has 0 saturated carbocycles. The van der Waals surface area contributed by atoms with Crippen LogP contribution in [0.2, 0.25) is 5.02 Å². The van der Waals surface area contributed by atoms with E-state index in [1.807, 2.05) is 18.2 Å². The lowest BCUT2D eigenvalue weighted by molar-refractivity contribution is 0.413. The van der Waals surface area contributed by atoms with E-state index in [1.54, 1.807) is 7.11 Å². The van der Waals surface area contributed by atoms with Gasteiger partial charge >= 0.3 is 0 Å². The molecular weight excluding hydrogens is 224 g/mol. The second-order valence-electron chi connectivity index (χ2n) is 3.69. The van der Waals surface area contributed by atoms with Crippen molar-refractivity contribution in [1.29, 1.82) is 0 Å². The van der Waals surface area contributed by atoms with E-state index in [0.29, 0.717) is 11.6 Å². The van der Waals surface area contributed by atoms with Gasteiger partial charge in [-0.05, 0) is 32.0 Å². The smallest absolute Gasteiger partial charge is 0.142 e. The fourth-order valence-corrected chi connectivity index (χ4v) is 1.90. The fourth-order valence-electron chi connectivity index (χ4n) is 1.73. The third kappa shape index (κ3) is 2.80. The number of hydrogen-bond donors (Lipinski definition) is 1. The van der Waals surface area contributed by atoms with Crippen LogP contribution in [0.4, 0.5) is 5.69 Å². The molecule has 0 heterocycles. The van der Waals surface area contributed by atoms with Crippen LogP contribution >= 0.6 is 11.6 Å². The highest BCUT2D eigenvalue weighted by atomic mass is 35.5. The molecule has 1 atom stereocenters. The normalized spacial score (nSPS) is 12.3. The zero-order chi connectivity index (χ0) is 12.1. The van der Waals surface area contributed by atoms with Crippen molar-refractivity contribution in [3.63, 3.8) is 0 Å². The van der Waals surface area contributed by atoms with Gasteiger partial charge < -0.3 is 15.4 Å². The molecule has 4 heteroatoms. The molecule has 16 heavy (non-hydrogen) atoms. The van der Waals surface area contributed by atoms with Crippen molar-refractivity contribution in [1.82, 2.24) is 0 Å². The molecular formula is C12H19ClN2O. The summed E-state index contributed by atoms with van der Waals surface area (Å²) in [6.45, 7) is 5.65. The van der Waals surface area contributed by atoms with Crippen molar-refractivity contribution >= 4 is 17.3 Å². The molecule has 0 aliphatic rings. The van der Waals surface area contributed by atoms with Gasteiger partial charge in [-0.1, -0.05) is 11.6 Å². The summed E-state index contributed by atoms with van der Waals surface area (Å²) in [4.78, 5) is 2.19. The molecule has 0 amide bonds. The molecule has 1 unspecified atom stereocenters. The maximum absolute atomic E-state index is 6.01. The topological polar surface area (TPSA) is 38.5 Å². The average Bonchev–Trinajstić information content (AvgIpc) is 2.30. The van der Waals surface area contributed by atoms with Crippen LogP contribution in [0.5, 0.6) is 5.75 Å². The summed E-state index contributed by atoms with van der Waals surface area (Å²) in [5, 5.41) is 0.707. The zero-order valence-electron chi connectivity index (χ0n) is 10.0. The Hall–Kier alpha value is -0.930. The predicted molar refractivity (Wildman–Crippen MR) is 69.5 cm³/mol. The summed E-state index contributed by atoms with van der Waals surface area (Å²) in [6, 6.07) is 5.88. The summed E-state index contributed by atoms with van der Waals surface area (Å²) in [6.07, 6.45) is 0. The Morgan fingerprint density at radius 1 is 1.50 bits per heavy atom. The third-order valence-corrected chi connectivity index (χ3v) is 2.90. The van der Waals surface area contributed by atoms with E-state index in [9.17, 15) is 0 Å². The van der Waals surface area contributed by atoms with Crippen LogP contribution in [0.15, 0.2) is 18.2 Å². The summed E-state index contributed by atoms with van der Waals surface area (Å²) in [5.74, 6) is 0.826. The minimum atomic E-state index is 0.261. The second kappa shape index (κ2) is 5.97. The van der Waals surface area contributed by atoms with Crippen LogP contribution in [-0.4, -0.2) is 26.2 Å². The van der Waals surface area contributed by atoms with Crippen LogP contribution in [0.1, 0.15) is 13.8 Å². The van der Waals surface area contributed by atoms with E-state index in [2.05, 4.69) is 18.7 Å². The Morgan fingerprint density at radius 3 is 2.69 bits per heavy atom. The number of rotatable bonds is 5. The molecule has 0 spiro atoms. The molecule has 0 aliphatic heterocycles. The number of anilines is 1. The van der Waals surface area contributed by atoms with E-state index in [-0.39, 0.29) is 6.04 Å². The first kappa shape index (κ1) is 13.1. The summed E-state index contributed by atoms with van der Waals surface area (Å²) in [5.41, 5.74) is 6.70. The number of benzene rings is 1. The fraction of sp³-hybridized carbons (Fsp3) is 0.500. The van der Waals surface area contributed by atoms with E-state index >= 15 is 0 Å². The van der Waals surface area contributed by atoms with Crippen molar-refractivity contribution in [3.05, 3.63) is 23.2 Å². The lowest BCUT2D eigenvalue weighted by Crippen LogP contribution is -2.38. The van der Waals surface area contributed by atoms with Crippen LogP contribution in [0, 0.1) is 0 Å². The number of nitrogens with zero attached hydrogens (tertiary/aromatic N) is 1. The molecule has 0 aromatic heterocycles. The molecule has 90 valence electrons. The van der Waals surface area contributed by atoms with E-state index in [0.717, 1.165) is 18.0 Å². The van der Waals surface area contributed by atoms with Gasteiger partial charge in [-0.15, -0.1) is 0 Å². The second-order valence-corrected chi connectivity index (χ2v) is 4.12. The monoisotopic (exact) mass is 242 g/mol. The van der Waals surface area contributed by atoms with Gasteiger partial charge in [-0.25, -0.2) is 0 Å². The molecule has 1 aromatic rings. The van der Waals surface area contributed by atoms with Crippen molar-refractivity contribution in [2.75, 3.05) is 25.1 Å². The molecule has 0 radical (unpaired) electrons. The molecule has 3 nitrogen and oxygen atoms in total. The first-order chi connectivity index (χ1) is 7.63. The number of ether oxygens (including phenoxy) is 1. The Kier molecular flexibility index (Phi) is 4.90. The maximum Gasteiger partial charge on any atom is 0.142 e. The van der Waals surface area contributed by atoms with Crippen LogP contribution < -0.4 is 15.4 Å². The predicted octanol–water partition coefficient (Wildman–Crippen LogP) is 2.52. The van der Waals surface area contributed by atoms with Gasteiger partial charge in [-0.3, -0.25) is 0 Å². The summed E-state index contributed by atoms with van der Waals surface area (Å²) >= 11 is 6.01. The van der Waals surface area contributed by atoms with Gasteiger partial charge in [0.1, 0.15) is 5.75 Å². The third-order valence-electron chi connectivity index (χ3n) is 2.66. The number of likely N-dealkylation sites (N-methyl/N-ethyl adjacent to an activating group) is 1. The Balaban J connectivity index is 3.11. The Bertz CT molecular complexity index is 344. The van der Waals surface area contributed by atoms with E-state index in [4.69, 9.17) is 22.1 Å².